The van der Waals surface area contributed by atoms with Crippen molar-refractivity contribution in [2.75, 3.05) is 0 Å². The molecule has 148 valence electrons. The summed E-state index contributed by atoms with van der Waals surface area (Å²) in [6.07, 6.45) is 4.38. The van der Waals surface area contributed by atoms with E-state index in [1.807, 2.05) is 73.7 Å². The molecule has 1 N–H and O–H groups in total. The molecule has 0 unspecified atom stereocenters. The van der Waals surface area contributed by atoms with Crippen LogP contribution in [0.3, 0.4) is 0 Å². The number of ether oxygens (including phenoxy) is 1. The van der Waals surface area contributed by atoms with Crippen LogP contribution >= 0.6 is 0 Å². The number of aromatic hydroxyl groups is 1. The quantitative estimate of drug-likeness (QED) is 0.413. The number of aromatic nitrogens is 3. The van der Waals surface area contributed by atoms with Crippen LogP contribution in [0.15, 0.2) is 91.2 Å². The molecule has 30 heavy (non-hydrogen) atoms. The van der Waals surface area contributed by atoms with Crippen LogP contribution in [0.2, 0.25) is 0 Å². The van der Waals surface area contributed by atoms with Crippen molar-refractivity contribution in [3.05, 3.63) is 91.2 Å². The molecule has 1 heterocycles. The van der Waals surface area contributed by atoms with E-state index in [-0.39, 0.29) is 5.75 Å². The van der Waals surface area contributed by atoms with E-state index in [9.17, 15) is 5.11 Å². The van der Waals surface area contributed by atoms with Gasteiger partial charge in [0.15, 0.2) is 17.5 Å². The highest BCUT2D eigenvalue weighted by Gasteiger charge is 2.15. The molecule has 5 heteroatoms. The predicted molar refractivity (Wildman–Crippen MR) is 118 cm³/mol. The van der Waals surface area contributed by atoms with Crippen LogP contribution in [0, 0.1) is 0 Å². The maximum absolute atomic E-state index is 10.6. The monoisotopic (exact) mass is 395 g/mol. The second-order valence-electron chi connectivity index (χ2n) is 6.62. The first-order valence-electron chi connectivity index (χ1n) is 9.76. The van der Waals surface area contributed by atoms with Crippen molar-refractivity contribution >= 4 is 0 Å². The van der Waals surface area contributed by atoms with Crippen molar-refractivity contribution in [1.82, 2.24) is 15.0 Å². The molecule has 0 fully saturated rings. The van der Waals surface area contributed by atoms with Crippen LogP contribution in [0.4, 0.5) is 0 Å². The fourth-order valence-corrected chi connectivity index (χ4v) is 2.93. The number of benzene rings is 3. The van der Waals surface area contributed by atoms with Crippen molar-refractivity contribution in [3.8, 4) is 45.7 Å². The second kappa shape index (κ2) is 9.01. The summed E-state index contributed by atoms with van der Waals surface area (Å²) in [4.78, 5) is 13.9. The van der Waals surface area contributed by atoms with Gasteiger partial charge in [-0.15, -0.1) is 0 Å². The van der Waals surface area contributed by atoms with Crippen molar-refractivity contribution in [2.45, 2.75) is 13.3 Å². The first kappa shape index (κ1) is 19.3. The van der Waals surface area contributed by atoms with Crippen LogP contribution < -0.4 is 4.74 Å². The number of hydrogen-bond donors (Lipinski definition) is 1. The largest absolute Gasteiger partial charge is 0.507 e. The third kappa shape index (κ3) is 4.36. The third-order valence-corrected chi connectivity index (χ3v) is 4.45. The molecule has 0 spiro atoms. The lowest BCUT2D eigenvalue weighted by molar-refractivity contribution is 0.454. The third-order valence-electron chi connectivity index (χ3n) is 4.45. The van der Waals surface area contributed by atoms with E-state index in [1.54, 1.807) is 24.5 Å². The van der Waals surface area contributed by atoms with Crippen molar-refractivity contribution in [1.29, 1.82) is 0 Å². The summed E-state index contributed by atoms with van der Waals surface area (Å²) in [5, 5.41) is 10.6. The van der Waals surface area contributed by atoms with E-state index < -0.39 is 0 Å². The Morgan fingerprint density at radius 3 is 1.87 bits per heavy atom. The topological polar surface area (TPSA) is 68.1 Å². The highest BCUT2D eigenvalue weighted by atomic mass is 16.5. The van der Waals surface area contributed by atoms with Gasteiger partial charge in [-0.2, -0.15) is 0 Å². The number of allylic oxidation sites excluding steroid dienone is 1. The normalized spacial score (nSPS) is 11.0. The van der Waals surface area contributed by atoms with Crippen LogP contribution in [-0.2, 0) is 0 Å². The van der Waals surface area contributed by atoms with Crippen molar-refractivity contribution < 1.29 is 9.84 Å². The minimum Gasteiger partial charge on any atom is -0.507 e. The first-order valence-corrected chi connectivity index (χ1v) is 9.76. The van der Waals surface area contributed by atoms with Gasteiger partial charge in [0.2, 0.25) is 0 Å². The molecule has 0 atom stereocenters. The lowest BCUT2D eigenvalue weighted by atomic mass is 10.1. The summed E-state index contributed by atoms with van der Waals surface area (Å²) >= 11 is 0. The Morgan fingerprint density at radius 2 is 1.33 bits per heavy atom. The Morgan fingerprint density at radius 1 is 0.767 bits per heavy atom. The molecule has 0 aliphatic rings. The summed E-state index contributed by atoms with van der Waals surface area (Å²) in [5.74, 6) is 2.08. The molecule has 0 amide bonds. The van der Waals surface area contributed by atoms with Gasteiger partial charge in [0.25, 0.3) is 0 Å². The fraction of sp³-hybridized carbons (Fsp3) is 0.0800. The SMILES string of the molecule is CCC=COc1ccc(-c2nc(-c3ccccc3)nc(-c3ccccc3)n2)c(O)c1. The summed E-state index contributed by atoms with van der Waals surface area (Å²) in [7, 11) is 0. The van der Waals surface area contributed by atoms with Crippen LogP contribution in [-0.4, -0.2) is 20.1 Å². The van der Waals surface area contributed by atoms with Gasteiger partial charge >= 0.3 is 0 Å². The highest BCUT2D eigenvalue weighted by molar-refractivity contribution is 5.70. The Kier molecular flexibility index (Phi) is 5.80. The molecule has 4 rings (SSSR count). The molecule has 3 aromatic carbocycles. The van der Waals surface area contributed by atoms with E-state index in [0.29, 0.717) is 28.8 Å². The average molecular weight is 395 g/mol. The Balaban J connectivity index is 1.80. The minimum absolute atomic E-state index is 0.0432. The summed E-state index contributed by atoms with van der Waals surface area (Å²) in [6.45, 7) is 2.02. The number of nitrogens with zero attached hydrogens (tertiary/aromatic N) is 3. The number of phenolic OH excluding ortho intramolecular Hbond substituents is 1. The van der Waals surface area contributed by atoms with Crippen molar-refractivity contribution in [3.63, 3.8) is 0 Å². The standard InChI is InChI=1S/C25H21N3O2/c1-2-3-16-30-20-14-15-21(22(29)17-20)25-27-23(18-10-6-4-7-11-18)26-24(28-25)19-12-8-5-9-13-19/h3-17,29H,2H2,1H3. The van der Waals surface area contributed by atoms with E-state index >= 15 is 0 Å². The molecule has 4 aromatic rings. The number of rotatable bonds is 6. The second-order valence-corrected chi connectivity index (χ2v) is 6.62. The molecule has 0 bridgehead atoms. The van der Waals surface area contributed by atoms with Crippen LogP contribution in [0.5, 0.6) is 11.5 Å². The van der Waals surface area contributed by atoms with E-state index in [0.717, 1.165) is 17.5 Å². The lowest BCUT2D eigenvalue weighted by Crippen LogP contribution is -2.00. The van der Waals surface area contributed by atoms with Gasteiger partial charge < -0.3 is 9.84 Å². The van der Waals surface area contributed by atoms with Gasteiger partial charge in [0, 0.05) is 17.2 Å². The van der Waals surface area contributed by atoms with Gasteiger partial charge in [-0.3, -0.25) is 0 Å². The average Bonchev–Trinajstić information content (AvgIpc) is 2.80. The number of phenols is 1. The summed E-state index contributed by atoms with van der Waals surface area (Å²) in [5.41, 5.74) is 2.27. The number of hydrogen-bond acceptors (Lipinski definition) is 5. The van der Waals surface area contributed by atoms with Crippen molar-refractivity contribution in [2.24, 2.45) is 0 Å². The fourth-order valence-electron chi connectivity index (χ4n) is 2.93. The summed E-state index contributed by atoms with van der Waals surface area (Å²) < 4.78 is 5.51. The highest BCUT2D eigenvalue weighted by Crippen LogP contribution is 2.32. The van der Waals surface area contributed by atoms with Gasteiger partial charge in [0.05, 0.1) is 11.8 Å². The maximum atomic E-state index is 10.6. The van der Waals surface area contributed by atoms with Gasteiger partial charge in [-0.05, 0) is 24.6 Å². The molecule has 5 nitrogen and oxygen atoms in total. The first-order chi connectivity index (χ1) is 14.7. The van der Waals surface area contributed by atoms with E-state index in [4.69, 9.17) is 4.74 Å². The zero-order chi connectivity index (χ0) is 20.8. The molecule has 0 radical (unpaired) electrons. The molecule has 0 aliphatic carbocycles. The lowest BCUT2D eigenvalue weighted by Gasteiger charge is -2.10. The molecular weight excluding hydrogens is 374 g/mol. The predicted octanol–water partition coefficient (Wildman–Crippen LogP) is 5.88. The van der Waals surface area contributed by atoms with Crippen LogP contribution in [0.25, 0.3) is 34.2 Å². The zero-order valence-electron chi connectivity index (χ0n) is 16.6. The summed E-state index contributed by atoms with van der Waals surface area (Å²) in [6, 6.07) is 24.5. The smallest absolute Gasteiger partial charge is 0.167 e. The molecule has 0 saturated carbocycles. The zero-order valence-corrected chi connectivity index (χ0v) is 16.6. The molecular formula is C25H21N3O2. The van der Waals surface area contributed by atoms with Gasteiger partial charge in [-0.1, -0.05) is 67.6 Å². The Labute approximate surface area is 175 Å². The van der Waals surface area contributed by atoms with E-state index in [1.165, 1.54) is 0 Å². The maximum Gasteiger partial charge on any atom is 0.167 e. The van der Waals surface area contributed by atoms with E-state index in [2.05, 4.69) is 15.0 Å². The Hall–Kier alpha value is -3.99. The Bertz CT molecular complexity index is 1100. The van der Waals surface area contributed by atoms with Gasteiger partial charge in [0.1, 0.15) is 11.5 Å². The van der Waals surface area contributed by atoms with Gasteiger partial charge in [-0.25, -0.2) is 15.0 Å². The molecule has 1 aromatic heterocycles. The minimum atomic E-state index is 0.0432. The van der Waals surface area contributed by atoms with Crippen LogP contribution in [0.1, 0.15) is 13.3 Å². The molecule has 0 aliphatic heterocycles. The molecule has 0 saturated heterocycles.